The fourth-order valence-electron chi connectivity index (χ4n) is 3.98. The van der Waals surface area contributed by atoms with E-state index in [0.29, 0.717) is 0 Å². The number of carbonyl (C=O) groups is 1. The molecule has 146 valence electrons. The zero-order valence-electron chi connectivity index (χ0n) is 16.4. The molecule has 1 aliphatic rings. The third-order valence-electron chi connectivity index (χ3n) is 5.19. The van der Waals surface area contributed by atoms with Gasteiger partial charge in [0, 0.05) is 11.5 Å². The third-order valence-corrected chi connectivity index (χ3v) is 5.19. The maximum atomic E-state index is 12.6. The van der Waals surface area contributed by atoms with Crippen LogP contribution in [0.25, 0.3) is 11.1 Å². The minimum atomic E-state index is -0.611. The summed E-state index contributed by atoms with van der Waals surface area (Å²) in [4.78, 5) is 15.9. The van der Waals surface area contributed by atoms with E-state index in [1.165, 1.54) is 4.90 Å². The lowest BCUT2D eigenvalue weighted by atomic mass is 9.73. The summed E-state index contributed by atoms with van der Waals surface area (Å²) in [5, 5.41) is 19.8. The second kappa shape index (κ2) is 8.42. The molecule has 1 heterocycles. The molecule has 0 saturated carbocycles. The zero-order valence-corrected chi connectivity index (χ0v) is 16.4. The molecule has 1 amide bonds. The number of aliphatic hydroxyl groups is 1. The molecule has 3 atom stereocenters. The van der Waals surface area contributed by atoms with Gasteiger partial charge in [0.1, 0.15) is 11.8 Å². The van der Waals surface area contributed by atoms with E-state index in [2.05, 4.69) is 6.07 Å². The molecule has 1 aliphatic heterocycles. The highest BCUT2D eigenvalue weighted by Gasteiger charge is 2.52. The molecular formula is C22H25N3O3. The van der Waals surface area contributed by atoms with Gasteiger partial charge in [-0.15, -0.1) is 0 Å². The summed E-state index contributed by atoms with van der Waals surface area (Å²) in [6, 6.07) is 16.8. The topological polar surface area (TPSA) is 76.8 Å². The van der Waals surface area contributed by atoms with Crippen molar-refractivity contribution in [2.45, 2.75) is 18.0 Å². The molecule has 0 bridgehead atoms. The molecule has 0 aromatic heterocycles. The highest BCUT2D eigenvalue weighted by atomic mass is 16.5. The fourth-order valence-corrected chi connectivity index (χ4v) is 3.98. The number of aliphatic hydroxyl groups excluding tert-OH is 1. The molecule has 1 N–H and O–H groups in total. The number of benzene rings is 2. The van der Waals surface area contributed by atoms with Gasteiger partial charge in [0.15, 0.2) is 0 Å². The summed E-state index contributed by atoms with van der Waals surface area (Å²) >= 11 is 0. The lowest BCUT2D eigenvalue weighted by Crippen LogP contribution is -2.66. The number of amides is 1. The lowest BCUT2D eigenvalue weighted by molar-refractivity contribution is -0.147. The lowest BCUT2D eigenvalue weighted by Gasteiger charge is -2.52. The molecule has 0 radical (unpaired) electrons. The van der Waals surface area contributed by atoms with Crippen LogP contribution in [0.3, 0.4) is 0 Å². The Balaban J connectivity index is 2.02. The van der Waals surface area contributed by atoms with Gasteiger partial charge < -0.3 is 19.6 Å². The Bertz CT molecular complexity index is 891. The van der Waals surface area contributed by atoms with E-state index in [0.717, 1.165) is 22.4 Å². The summed E-state index contributed by atoms with van der Waals surface area (Å²) in [6.07, 6.45) is 0. The van der Waals surface area contributed by atoms with Crippen LogP contribution < -0.4 is 4.74 Å². The number of rotatable bonds is 6. The number of hydrogen-bond acceptors (Lipinski definition) is 5. The molecule has 2 aromatic rings. The quantitative estimate of drug-likeness (QED) is 0.832. The Kier molecular flexibility index (Phi) is 5.98. The van der Waals surface area contributed by atoms with Crippen LogP contribution >= 0.6 is 0 Å². The normalized spacial score (nSPS) is 21.1. The summed E-state index contributed by atoms with van der Waals surface area (Å²) in [6.45, 7) is 0.0117. The summed E-state index contributed by atoms with van der Waals surface area (Å²) in [5.74, 6) is 0.327. The second-order valence-corrected chi connectivity index (χ2v) is 7.18. The molecular weight excluding hydrogens is 354 g/mol. The molecule has 3 rings (SSSR count). The van der Waals surface area contributed by atoms with Gasteiger partial charge in [-0.05, 0) is 31.3 Å². The highest BCUT2D eigenvalue weighted by molar-refractivity contribution is 5.82. The minimum Gasteiger partial charge on any atom is -0.496 e. The predicted molar refractivity (Wildman–Crippen MR) is 107 cm³/mol. The van der Waals surface area contributed by atoms with Gasteiger partial charge in [0.2, 0.25) is 5.91 Å². The van der Waals surface area contributed by atoms with E-state index in [1.54, 1.807) is 12.0 Å². The van der Waals surface area contributed by atoms with Crippen molar-refractivity contribution >= 4 is 5.91 Å². The maximum Gasteiger partial charge on any atom is 0.238 e. The second-order valence-electron chi connectivity index (χ2n) is 7.18. The molecule has 0 spiro atoms. The Hall–Kier alpha value is -2.88. The first kappa shape index (κ1) is 19.9. The Morgan fingerprint density at radius 3 is 2.43 bits per heavy atom. The molecule has 0 unspecified atom stereocenters. The molecule has 6 heteroatoms. The van der Waals surface area contributed by atoms with Crippen molar-refractivity contribution in [3.05, 3.63) is 54.1 Å². The summed E-state index contributed by atoms with van der Waals surface area (Å²) < 4.78 is 5.51. The number of para-hydroxylation sites is 1. The first-order valence-electron chi connectivity index (χ1n) is 9.22. The van der Waals surface area contributed by atoms with Gasteiger partial charge >= 0.3 is 0 Å². The van der Waals surface area contributed by atoms with Crippen LogP contribution in [-0.4, -0.2) is 67.3 Å². The number of likely N-dealkylation sites (N-methyl/N-ethyl adjacent to an activating group) is 1. The Morgan fingerprint density at radius 2 is 1.82 bits per heavy atom. The molecule has 0 aliphatic carbocycles. The molecule has 2 aromatic carbocycles. The van der Waals surface area contributed by atoms with Crippen LogP contribution in [0.5, 0.6) is 5.75 Å². The number of ether oxygens (including phenoxy) is 1. The van der Waals surface area contributed by atoms with Gasteiger partial charge in [0.05, 0.1) is 32.4 Å². The molecule has 28 heavy (non-hydrogen) atoms. The van der Waals surface area contributed by atoms with Crippen molar-refractivity contribution < 1.29 is 14.6 Å². The van der Waals surface area contributed by atoms with Crippen LogP contribution in [0.4, 0.5) is 0 Å². The predicted octanol–water partition coefficient (Wildman–Crippen LogP) is 2.10. The van der Waals surface area contributed by atoms with E-state index in [4.69, 9.17) is 4.74 Å². The van der Waals surface area contributed by atoms with Crippen LogP contribution in [0.15, 0.2) is 48.5 Å². The van der Waals surface area contributed by atoms with Crippen molar-refractivity contribution in [3.63, 3.8) is 0 Å². The highest BCUT2D eigenvalue weighted by Crippen LogP contribution is 2.45. The molecule has 1 saturated heterocycles. The third kappa shape index (κ3) is 3.47. The van der Waals surface area contributed by atoms with Gasteiger partial charge in [0.25, 0.3) is 0 Å². The average Bonchev–Trinajstić information content (AvgIpc) is 2.67. The van der Waals surface area contributed by atoms with Crippen LogP contribution in [-0.2, 0) is 4.79 Å². The van der Waals surface area contributed by atoms with Crippen LogP contribution in [0.2, 0.25) is 0 Å². The Morgan fingerprint density at radius 1 is 1.18 bits per heavy atom. The molecule has 1 fully saturated rings. The number of nitriles is 1. The van der Waals surface area contributed by atoms with E-state index < -0.39 is 12.1 Å². The van der Waals surface area contributed by atoms with Gasteiger partial charge in [-0.1, -0.05) is 42.5 Å². The minimum absolute atomic E-state index is 0.151. The number of carbonyl (C=O) groups excluding carboxylic acids is 1. The number of likely N-dealkylation sites (tertiary alicyclic amines) is 1. The molecule has 6 nitrogen and oxygen atoms in total. The zero-order chi connectivity index (χ0) is 20.3. The van der Waals surface area contributed by atoms with Crippen molar-refractivity contribution in [1.82, 2.24) is 9.80 Å². The summed E-state index contributed by atoms with van der Waals surface area (Å²) in [7, 11) is 5.24. The smallest absolute Gasteiger partial charge is 0.238 e. The van der Waals surface area contributed by atoms with Crippen molar-refractivity contribution in [2.75, 3.05) is 34.4 Å². The van der Waals surface area contributed by atoms with E-state index in [1.807, 2.05) is 62.6 Å². The number of hydrogen-bond donors (Lipinski definition) is 1. The van der Waals surface area contributed by atoms with Crippen LogP contribution in [0.1, 0.15) is 11.5 Å². The number of nitrogens with zero attached hydrogens (tertiary/aromatic N) is 3. The van der Waals surface area contributed by atoms with Gasteiger partial charge in [-0.25, -0.2) is 0 Å². The maximum absolute atomic E-state index is 12.6. The number of methoxy groups -OCH3 is 1. The standard InChI is InChI=1S/C22H25N3O3/c1-24(2)13-21(27)25-18(12-23)22(19(25)14-26)17-10-5-4-8-15(17)16-9-6-7-11-20(16)28-3/h4-11,18-19,22,26H,13-14H2,1-3H3/t18-,19-,22+/m1/s1. The SMILES string of the molecule is COc1ccccc1-c1ccccc1[C@H]1[C@@H](C#N)N(C(=O)CN(C)C)[C@@H]1CO. The van der Waals surface area contributed by atoms with Crippen LogP contribution in [0, 0.1) is 11.3 Å². The van der Waals surface area contributed by atoms with Crippen molar-refractivity contribution in [2.24, 2.45) is 0 Å². The van der Waals surface area contributed by atoms with Gasteiger partial charge in [-0.2, -0.15) is 5.26 Å². The van der Waals surface area contributed by atoms with E-state index >= 15 is 0 Å². The van der Waals surface area contributed by atoms with Gasteiger partial charge in [-0.3, -0.25) is 4.79 Å². The van der Waals surface area contributed by atoms with E-state index in [9.17, 15) is 15.2 Å². The summed E-state index contributed by atoms with van der Waals surface area (Å²) in [5.41, 5.74) is 2.81. The monoisotopic (exact) mass is 379 g/mol. The Labute approximate surface area is 165 Å². The van der Waals surface area contributed by atoms with Crippen molar-refractivity contribution in [3.8, 4) is 22.9 Å². The van der Waals surface area contributed by atoms with Crippen molar-refractivity contribution in [1.29, 1.82) is 5.26 Å². The first-order valence-corrected chi connectivity index (χ1v) is 9.22. The largest absolute Gasteiger partial charge is 0.496 e. The van der Waals surface area contributed by atoms with E-state index in [-0.39, 0.29) is 25.0 Å². The first-order chi connectivity index (χ1) is 13.5. The fraction of sp³-hybridized carbons (Fsp3) is 0.364. The average molecular weight is 379 g/mol.